The molecule has 0 radical (unpaired) electrons. The lowest BCUT2D eigenvalue weighted by Gasteiger charge is -2.34. The van der Waals surface area contributed by atoms with Crippen LogP contribution in [0.2, 0.25) is 0 Å². The second kappa shape index (κ2) is 6.67. The van der Waals surface area contributed by atoms with Crippen LogP contribution in [0.15, 0.2) is 18.3 Å². The van der Waals surface area contributed by atoms with Crippen LogP contribution in [-0.2, 0) is 6.18 Å². The smallest absolute Gasteiger partial charge is 0.359 e. The maximum absolute atomic E-state index is 12.8. The van der Waals surface area contributed by atoms with Crippen molar-refractivity contribution in [2.75, 3.05) is 38.1 Å². The summed E-state index contributed by atoms with van der Waals surface area (Å²) in [7, 11) is 1.83. The first kappa shape index (κ1) is 16.6. The highest BCUT2D eigenvalue weighted by molar-refractivity contribution is 5.41. The van der Waals surface area contributed by atoms with Crippen LogP contribution in [0.1, 0.15) is 31.2 Å². The number of piperidine rings is 1. The molecule has 0 aromatic carbocycles. The average Bonchev–Trinajstić information content (AvgIpc) is 3.32. The van der Waals surface area contributed by atoms with Crippen molar-refractivity contribution in [3.05, 3.63) is 23.9 Å². The van der Waals surface area contributed by atoms with Crippen molar-refractivity contribution in [2.24, 2.45) is 11.8 Å². The van der Waals surface area contributed by atoms with Crippen molar-refractivity contribution in [2.45, 2.75) is 31.9 Å². The molecule has 0 atom stereocenters. The van der Waals surface area contributed by atoms with Crippen LogP contribution in [0.3, 0.4) is 0 Å². The summed E-state index contributed by atoms with van der Waals surface area (Å²) < 4.78 is 38.4. The number of nitrogens with zero attached hydrogens (tertiary/aromatic N) is 3. The standard InChI is InChI=1S/C17H24F3N3/c1-22(16-10-15(4-7-21-16)17(18,19)20)11-14-5-8-23(9-6-14)12-13-2-3-13/h4,7,10,13-14H,2-3,5-6,8-9,11-12H2,1H3. The highest BCUT2D eigenvalue weighted by atomic mass is 19.4. The molecule has 2 fully saturated rings. The molecular weight excluding hydrogens is 303 g/mol. The molecule has 0 N–H and O–H groups in total. The minimum absolute atomic E-state index is 0.403. The van der Waals surface area contributed by atoms with Crippen molar-refractivity contribution in [3.8, 4) is 0 Å². The highest BCUT2D eigenvalue weighted by Crippen LogP contribution is 2.32. The molecule has 3 rings (SSSR count). The number of aromatic nitrogens is 1. The fraction of sp³-hybridized carbons (Fsp3) is 0.706. The van der Waals surface area contributed by atoms with E-state index in [-0.39, 0.29) is 0 Å². The van der Waals surface area contributed by atoms with Crippen LogP contribution in [0.4, 0.5) is 19.0 Å². The third-order valence-corrected chi connectivity index (χ3v) is 4.92. The van der Waals surface area contributed by atoms with Gasteiger partial charge in [-0.3, -0.25) is 0 Å². The second-order valence-electron chi connectivity index (χ2n) is 6.97. The van der Waals surface area contributed by atoms with Gasteiger partial charge in [0.2, 0.25) is 0 Å². The first-order valence-electron chi connectivity index (χ1n) is 8.38. The molecule has 1 aromatic rings. The molecule has 0 amide bonds. The normalized spacial score (nSPS) is 20.7. The number of rotatable bonds is 5. The first-order valence-corrected chi connectivity index (χ1v) is 8.38. The summed E-state index contributed by atoms with van der Waals surface area (Å²) in [6, 6.07) is 2.16. The van der Waals surface area contributed by atoms with Crippen molar-refractivity contribution >= 4 is 5.82 Å². The van der Waals surface area contributed by atoms with E-state index in [9.17, 15) is 13.2 Å². The molecule has 23 heavy (non-hydrogen) atoms. The highest BCUT2D eigenvalue weighted by Gasteiger charge is 2.31. The van der Waals surface area contributed by atoms with E-state index in [0.717, 1.165) is 50.5 Å². The number of alkyl halides is 3. The molecule has 1 aliphatic carbocycles. The van der Waals surface area contributed by atoms with Gasteiger partial charge in [0.25, 0.3) is 0 Å². The van der Waals surface area contributed by atoms with Gasteiger partial charge in [-0.2, -0.15) is 13.2 Å². The average molecular weight is 327 g/mol. The van der Waals surface area contributed by atoms with Gasteiger partial charge < -0.3 is 9.80 Å². The Balaban J connectivity index is 1.52. The monoisotopic (exact) mass is 327 g/mol. The summed E-state index contributed by atoms with van der Waals surface area (Å²) in [5.41, 5.74) is -0.631. The minimum Gasteiger partial charge on any atom is -0.359 e. The van der Waals surface area contributed by atoms with Gasteiger partial charge in [0, 0.05) is 26.3 Å². The molecule has 2 aliphatic rings. The van der Waals surface area contributed by atoms with E-state index in [0.29, 0.717) is 11.7 Å². The van der Waals surface area contributed by atoms with Crippen LogP contribution in [0.5, 0.6) is 0 Å². The van der Waals surface area contributed by atoms with Gasteiger partial charge in [-0.25, -0.2) is 4.98 Å². The van der Waals surface area contributed by atoms with Gasteiger partial charge in [-0.05, 0) is 62.7 Å². The number of pyridine rings is 1. The third-order valence-electron chi connectivity index (χ3n) is 4.92. The van der Waals surface area contributed by atoms with E-state index < -0.39 is 11.7 Å². The lowest BCUT2D eigenvalue weighted by atomic mass is 9.96. The number of anilines is 1. The second-order valence-corrected chi connectivity index (χ2v) is 6.97. The Morgan fingerprint density at radius 1 is 1.17 bits per heavy atom. The Labute approximate surface area is 135 Å². The summed E-state index contributed by atoms with van der Waals surface area (Å²) in [4.78, 5) is 8.49. The zero-order valence-electron chi connectivity index (χ0n) is 13.5. The van der Waals surface area contributed by atoms with Gasteiger partial charge in [0.15, 0.2) is 0 Å². The topological polar surface area (TPSA) is 19.4 Å². The lowest BCUT2D eigenvalue weighted by molar-refractivity contribution is -0.137. The molecule has 0 spiro atoms. The minimum atomic E-state index is -4.31. The Morgan fingerprint density at radius 2 is 1.87 bits per heavy atom. The first-order chi connectivity index (χ1) is 10.9. The van der Waals surface area contributed by atoms with E-state index in [4.69, 9.17) is 0 Å². The Hall–Kier alpha value is -1.30. The van der Waals surface area contributed by atoms with E-state index in [1.807, 2.05) is 11.9 Å². The van der Waals surface area contributed by atoms with Crippen LogP contribution in [-0.4, -0.2) is 43.1 Å². The van der Waals surface area contributed by atoms with Gasteiger partial charge in [-0.1, -0.05) is 0 Å². The predicted octanol–water partition coefficient (Wildman–Crippen LogP) is 3.66. The lowest BCUT2D eigenvalue weighted by Crippen LogP contribution is -2.38. The number of likely N-dealkylation sites (tertiary alicyclic amines) is 1. The van der Waals surface area contributed by atoms with Crippen molar-refractivity contribution in [1.82, 2.24) is 9.88 Å². The maximum Gasteiger partial charge on any atom is 0.416 e. The SMILES string of the molecule is CN(CC1CCN(CC2CC2)CC1)c1cc(C(F)(F)F)ccn1. The van der Waals surface area contributed by atoms with E-state index >= 15 is 0 Å². The van der Waals surface area contributed by atoms with Crippen molar-refractivity contribution in [1.29, 1.82) is 0 Å². The summed E-state index contributed by atoms with van der Waals surface area (Å²) in [5.74, 6) is 1.86. The third kappa shape index (κ3) is 4.59. The maximum atomic E-state index is 12.8. The quantitative estimate of drug-likeness (QED) is 0.823. The Morgan fingerprint density at radius 3 is 2.48 bits per heavy atom. The fourth-order valence-corrected chi connectivity index (χ4v) is 3.30. The van der Waals surface area contributed by atoms with Crippen molar-refractivity contribution in [3.63, 3.8) is 0 Å². The summed E-state index contributed by atoms with van der Waals surface area (Å²) in [5, 5.41) is 0. The summed E-state index contributed by atoms with van der Waals surface area (Å²) in [6.07, 6.45) is 1.93. The van der Waals surface area contributed by atoms with Crippen LogP contribution in [0.25, 0.3) is 0 Å². The molecule has 3 nitrogen and oxygen atoms in total. The zero-order valence-corrected chi connectivity index (χ0v) is 13.5. The molecule has 1 saturated heterocycles. The van der Waals surface area contributed by atoms with E-state index in [1.54, 1.807) is 0 Å². The Kier molecular flexibility index (Phi) is 4.80. The molecule has 1 aromatic heterocycles. The largest absolute Gasteiger partial charge is 0.416 e. The molecule has 1 saturated carbocycles. The van der Waals surface area contributed by atoms with E-state index in [2.05, 4.69) is 9.88 Å². The van der Waals surface area contributed by atoms with Crippen molar-refractivity contribution < 1.29 is 13.2 Å². The summed E-state index contributed by atoms with van der Waals surface area (Å²) in [6.45, 7) is 4.24. The number of halogens is 3. The van der Waals surface area contributed by atoms with Gasteiger partial charge in [0.1, 0.15) is 5.82 Å². The molecular formula is C17H24F3N3. The molecule has 6 heteroatoms. The zero-order chi connectivity index (χ0) is 16.4. The number of hydrogen-bond donors (Lipinski definition) is 0. The van der Waals surface area contributed by atoms with Gasteiger partial charge in [-0.15, -0.1) is 0 Å². The van der Waals surface area contributed by atoms with Crippen LogP contribution < -0.4 is 4.90 Å². The molecule has 1 aliphatic heterocycles. The van der Waals surface area contributed by atoms with E-state index in [1.165, 1.54) is 25.6 Å². The van der Waals surface area contributed by atoms with Gasteiger partial charge >= 0.3 is 6.18 Å². The Bertz CT molecular complexity index is 520. The van der Waals surface area contributed by atoms with Gasteiger partial charge in [0.05, 0.1) is 5.56 Å². The molecule has 0 unspecified atom stereocenters. The predicted molar refractivity (Wildman–Crippen MR) is 84.4 cm³/mol. The number of hydrogen-bond acceptors (Lipinski definition) is 3. The molecule has 0 bridgehead atoms. The van der Waals surface area contributed by atoms with Crippen LogP contribution in [0, 0.1) is 11.8 Å². The molecule has 2 heterocycles. The molecule has 128 valence electrons. The summed E-state index contributed by atoms with van der Waals surface area (Å²) >= 11 is 0. The fourth-order valence-electron chi connectivity index (χ4n) is 3.30. The van der Waals surface area contributed by atoms with Crippen LogP contribution >= 0.6 is 0 Å².